The molecular weight excluding hydrogens is 450 g/mol. The highest BCUT2D eigenvalue weighted by Gasteiger charge is 2.30. The van der Waals surface area contributed by atoms with Crippen LogP contribution in [0.1, 0.15) is 30.9 Å². The second-order valence-corrected chi connectivity index (χ2v) is 8.24. The molecule has 0 spiro atoms. The fourth-order valence-corrected chi connectivity index (χ4v) is 3.61. The number of amides is 2. The SMILES string of the molecule is CCCCNC(=O)[C@H](Cc1ccccc1)N(Cc1ccc(F)cc1)C(=O)COc1ccc(F)cc1. The zero-order chi connectivity index (χ0) is 25.0. The number of rotatable bonds is 12. The Bertz CT molecular complexity index is 1070. The highest BCUT2D eigenvalue weighted by Crippen LogP contribution is 2.17. The lowest BCUT2D eigenvalue weighted by atomic mass is 10.0. The van der Waals surface area contributed by atoms with Crippen LogP contribution in [0.25, 0.3) is 0 Å². The van der Waals surface area contributed by atoms with Crippen molar-refractivity contribution in [3.05, 3.63) is 102 Å². The van der Waals surface area contributed by atoms with Crippen LogP contribution in [-0.2, 0) is 22.6 Å². The third-order valence-corrected chi connectivity index (χ3v) is 5.54. The summed E-state index contributed by atoms with van der Waals surface area (Å²) in [6.45, 7) is 2.31. The van der Waals surface area contributed by atoms with Crippen molar-refractivity contribution >= 4 is 11.8 Å². The Hall–Kier alpha value is -3.74. The number of unbranched alkanes of at least 4 members (excludes halogenated alkanes) is 1. The molecule has 0 aromatic heterocycles. The topological polar surface area (TPSA) is 58.6 Å². The molecular formula is C28H30F2N2O3. The van der Waals surface area contributed by atoms with E-state index in [9.17, 15) is 18.4 Å². The molecule has 0 aliphatic rings. The largest absolute Gasteiger partial charge is 0.484 e. The van der Waals surface area contributed by atoms with Crippen molar-refractivity contribution < 1.29 is 23.1 Å². The van der Waals surface area contributed by atoms with Crippen molar-refractivity contribution in [1.82, 2.24) is 10.2 Å². The van der Waals surface area contributed by atoms with E-state index in [2.05, 4.69) is 5.32 Å². The van der Waals surface area contributed by atoms with Gasteiger partial charge in [-0.3, -0.25) is 9.59 Å². The molecule has 3 aromatic carbocycles. The molecule has 0 aliphatic carbocycles. The van der Waals surface area contributed by atoms with Crippen molar-refractivity contribution in [3.8, 4) is 5.75 Å². The number of halogens is 2. The quantitative estimate of drug-likeness (QED) is 0.375. The first-order valence-electron chi connectivity index (χ1n) is 11.7. The van der Waals surface area contributed by atoms with E-state index < -0.39 is 17.8 Å². The van der Waals surface area contributed by atoms with Crippen LogP contribution in [0.5, 0.6) is 5.75 Å². The average molecular weight is 481 g/mol. The van der Waals surface area contributed by atoms with Crippen LogP contribution in [0.15, 0.2) is 78.9 Å². The van der Waals surface area contributed by atoms with Gasteiger partial charge in [0, 0.05) is 19.5 Å². The van der Waals surface area contributed by atoms with Gasteiger partial charge in [0.05, 0.1) is 0 Å². The van der Waals surface area contributed by atoms with Gasteiger partial charge in [-0.05, 0) is 53.9 Å². The lowest BCUT2D eigenvalue weighted by Crippen LogP contribution is -2.51. The first-order chi connectivity index (χ1) is 17.0. The van der Waals surface area contributed by atoms with Crippen LogP contribution < -0.4 is 10.1 Å². The van der Waals surface area contributed by atoms with E-state index in [0.29, 0.717) is 24.3 Å². The molecule has 7 heteroatoms. The number of carbonyl (C=O) groups excluding carboxylic acids is 2. The Balaban J connectivity index is 1.86. The predicted octanol–water partition coefficient (Wildman–Crippen LogP) is 4.90. The molecule has 0 saturated carbocycles. The van der Waals surface area contributed by atoms with Crippen molar-refractivity contribution in [1.29, 1.82) is 0 Å². The Morgan fingerprint density at radius 1 is 0.886 bits per heavy atom. The van der Waals surface area contributed by atoms with E-state index in [4.69, 9.17) is 4.74 Å². The van der Waals surface area contributed by atoms with Gasteiger partial charge in [0.1, 0.15) is 23.4 Å². The van der Waals surface area contributed by atoms with Crippen molar-refractivity contribution in [2.45, 2.75) is 38.8 Å². The number of benzene rings is 3. The fourth-order valence-electron chi connectivity index (χ4n) is 3.61. The average Bonchev–Trinajstić information content (AvgIpc) is 2.87. The minimum Gasteiger partial charge on any atom is -0.484 e. The number of hydrogen-bond acceptors (Lipinski definition) is 3. The van der Waals surface area contributed by atoms with E-state index in [1.165, 1.54) is 41.3 Å². The minimum absolute atomic E-state index is 0.102. The molecule has 1 N–H and O–H groups in total. The molecule has 0 fully saturated rings. The third kappa shape index (κ3) is 8.21. The van der Waals surface area contributed by atoms with Crippen molar-refractivity contribution in [3.63, 3.8) is 0 Å². The molecule has 5 nitrogen and oxygen atoms in total. The number of nitrogens with one attached hydrogen (secondary N) is 1. The Kier molecular flexibility index (Phi) is 9.78. The summed E-state index contributed by atoms with van der Waals surface area (Å²) >= 11 is 0. The van der Waals surface area contributed by atoms with Gasteiger partial charge in [0.2, 0.25) is 5.91 Å². The summed E-state index contributed by atoms with van der Waals surface area (Å²) < 4.78 is 32.3. The normalized spacial score (nSPS) is 11.5. The molecule has 0 heterocycles. The molecule has 1 atom stereocenters. The molecule has 0 unspecified atom stereocenters. The summed E-state index contributed by atoms with van der Waals surface area (Å²) in [6.07, 6.45) is 2.05. The van der Waals surface area contributed by atoms with Gasteiger partial charge in [-0.15, -0.1) is 0 Å². The number of hydrogen-bond donors (Lipinski definition) is 1. The Labute approximate surface area is 204 Å². The molecule has 2 amide bonds. The monoisotopic (exact) mass is 480 g/mol. The summed E-state index contributed by atoms with van der Waals surface area (Å²) in [5.74, 6) is -1.13. The van der Waals surface area contributed by atoms with Crippen LogP contribution in [0.3, 0.4) is 0 Å². The van der Waals surface area contributed by atoms with E-state index in [1.807, 2.05) is 37.3 Å². The van der Waals surface area contributed by atoms with E-state index in [-0.39, 0.29) is 24.9 Å². The molecule has 3 aromatic rings. The van der Waals surface area contributed by atoms with Crippen LogP contribution in [0, 0.1) is 11.6 Å². The van der Waals surface area contributed by atoms with Gasteiger partial charge < -0.3 is 15.0 Å². The van der Waals surface area contributed by atoms with E-state index in [1.54, 1.807) is 12.1 Å². The van der Waals surface area contributed by atoms with Gasteiger partial charge >= 0.3 is 0 Å². The van der Waals surface area contributed by atoms with E-state index >= 15 is 0 Å². The first-order valence-corrected chi connectivity index (χ1v) is 11.7. The van der Waals surface area contributed by atoms with Crippen molar-refractivity contribution in [2.75, 3.05) is 13.2 Å². The number of ether oxygens (including phenoxy) is 1. The second-order valence-electron chi connectivity index (χ2n) is 8.24. The maximum Gasteiger partial charge on any atom is 0.261 e. The highest BCUT2D eigenvalue weighted by molar-refractivity contribution is 5.88. The first kappa shape index (κ1) is 25.9. The molecule has 184 valence electrons. The molecule has 0 radical (unpaired) electrons. The third-order valence-electron chi connectivity index (χ3n) is 5.54. The van der Waals surface area contributed by atoms with Gasteiger partial charge in [-0.2, -0.15) is 0 Å². The molecule has 3 rings (SSSR count). The standard InChI is InChI=1S/C28H30F2N2O3/c1-2-3-17-31-28(34)26(18-21-7-5-4-6-8-21)32(19-22-9-11-23(29)12-10-22)27(33)20-35-25-15-13-24(30)14-16-25/h4-16,26H,2-3,17-20H2,1H3,(H,31,34)/t26-/m0/s1. The lowest BCUT2D eigenvalue weighted by molar-refractivity contribution is -0.142. The van der Waals surface area contributed by atoms with Crippen molar-refractivity contribution in [2.24, 2.45) is 0 Å². The maximum atomic E-state index is 13.5. The highest BCUT2D eigenvalue weighted by atomic mass is 19.1. The minimum atomic E-state index is -0.802. The summed E-state index contributed by atoms with van der Waals surface area (Å²) in [7, 11) is 0. The second kappa shape index (κ2) is 13.2. The van der Waals surface area contributed by atoms with Crippen LogP contribution in [0.4, 0.5) is 8.78 Å². The molecule has 35 heavy (non-hydrogen) atoms. The molecule has 0 bridgehead atoms. The summed E-state index contributed by atoms with van der Waals surface area (Å²) in [5.41, 5.74) is 1.58. The lowest BCUT2D eigenvalue weighted by Gasteiger charge is -2.31. The van der Waals surface area contributed by atoms with Crippen LogP contribution in [-0.4, -0.2) is 35.9 Å². The Morgan fingerprint density at radius 2 is 1.51 bits per heavy atom. The summed E-state index contributed by atoms with van der Waals surface area (Å²) in [6, 6.07) is 19.8. The zero-order valence-electron chi connectivity index (χ0n) is 19.8. The zero-order valence-corrected chi connectivity index (χ0v) is 19.8. The predicted molar refractivity (Wildman–Crippen MR) is 131 cm³/mol. The van der Waals surface area contributed by atoms with Crippen LogP contribution in [0.2, 0.25) is 0 Å². The number of nitrogens with zero attached hydrogens (tertiary/aromatic N) is 1. The Morgan fingerprint density at radius 3 is 2.14 bits per heavy atom. The summed E-state index contributed by atoms with van der Waals surface area (Å²) in [5, 5.41) is 2.94. The molecule has 0 saturated heterocycles. The van der Waals surface area contributed by atoms with Gasteiger partial charge in [0.25, 0.3) is 5.91 Å². The smallest absolute Gasteiger partial charge is 0.261 e. The summed E-state index contributed by atoms with van der Waals surface area (Å²) in [4.78, 5) is 28.1. The van der Waals surface area contributed by atoms with Gasteiger partial charge in [0.15, 0.2) is 6.61 Å². The van der Waals surface area contributed by atoms with E-state index in [0.717, 1.165) is 18.4 Å². The maximum absolute atomic E-state index is 13.5. The van der Waals surface area contributed by atoms with Gasteiger partial charge in [-0.1, -0.05) is 55.8 Å². The number of carbonyl (C=O) groups is 2. The van der Waals surface area contributed by atoms with Gasteiger partial charge in [-0.25, -0.2) is 8.78 Å². The van der Waals surface area contributed by atoms with Crippen LogP contribution >= 0.6 is 0 Å². The molecule has 0 aliphatic heterocycles. The fraction of sp³-hybridized carbons (Fsp3) is 0.286.